The van der Waals surface area contributed by atoms with Gasteiger partial charge in [0.05, 0.1) is 25.6 Å². The van der Waals surface area contributed by atoms with E-state index in [4.69, 9.17) is 9.47 Å². The molecule has 1 atom stereocenters. The number of hydrogen-bond acceptors (Lipinski definition) is 4. The Morgan fingerprint density at radius 2 is 1.62 bits per heavy atom. The zero-order chi connectivity index (χ0) is 16.1. The Morgan fingerprint density at radius 3 is 2.19 bits per heavy atom. The number of esters is 2. The number of ether oxygens (including phenoxy) is 2. The van der Waals surface area contributed by atoms with Crippen LogP contribution in [-0.2, 0) is 19.1 Å². The van der Waals surface area contributed by atoms with Crippen molar-refractivity contribution in [2.45, 2.75) is 72.6 Å². The van der Waals surface area contributed by atoms with Gasteiger partial charge in [0.25, 0.3) is 0 Å². The zero-order valence-electron chi connectivity index (χ0n) is 14.2. The molecule has 0 heterocycles. The van der Waals surface area contributed by atoms with Crippen LogP contribution in [0.5, 0.6) is 0 Å². The predicted molar refractivity (Wildman–Crippen MR) is 83.9 cm³/mol. The highest BCUT2D eigenvalue weighted by molar-refractivity contribution is 5.79. The van der Waals surface area contributed by atoms with Gasteiger partial charge in [-0.3, -0.25) is 9.59 Å². The van der Waals surface area contributed by atoms with Crippen molar-refractivity contribution in [2.75, 3.05) is 13.2 Å². The van der Waals surface area contributed by atoms with Crippen LogP contribution in [0.1, 0.15) is 72.6 Å². The second-order valence-corrected chi connectivity index (χ2v) is 5.93. The van der Waals surface area contributed by atoms with Crippen molar-refractivity contribution in [3.63, 3.8) is 0 Å². The lowest BCUT2D eigenvalue weighted by Crippen LogP contribution is -2.23. The third-order valence-corrected chi connectivity index (χ3v) is 3.27. The number of hydrogen-bond donors (Lipinski definition) is 0. The summed E-state index contributed by atoms with van der Waals surface area (Å²) in [5.74, 6) is -0.615. The van der Waals surface area contributed by atoms with Crippen molar-refractivity contribution in [1.29, 1.82) is 0 Å². The molecule has 0 aliphatic heterocycles. The van der Waals surface area contributed by atoms with Gasteiger partial charge in [0.15, 0.2) is 0 Å². The Kier molecular flexibility index (Phi) is 12.0. The molecule has 0 rings (SSSR count). The minimum Gasteiger partial charge on any atom is -0.466 e. The van der Waals surface area contributed by atoms with Crippen LogP contribution in [0.3, 0.4) is 0 Å². The Morgan fingerprint density at radius 1 is 0.952 bits per heavy atom. The van der Waals surface area contributed by atoms with Gasteiger partial charge in [-0.15, -0.1) is 0 Å². The first kappa shape index (κ1) is 19.9. The van der Waals surface area contributed by atoms with Crippen molar-refractivity contribution in [3.8, 4) is 0 Å². The van der Waals surface area contributed by atoms with E-state index in [1.165, 1.54) is 19.3 Å². The molecule has 4 nitrogen and oxygen atoms in total. The quantitative estimate of drug-likeness (QED) is 0.402. The van der Waals surface area contributed by atoms with E-state index in [-0.39, 0.29) is 24.3 Å². The van der Waals surface area contributed by atoms with Gasteiger partial charge in [0.2, 0.25) is 0 Å². The van der Waals surface area contributed by atoms with Gasteiger partial charge in [-0.05, 0) is 19.3 Å². The van der Waals surface area contributed by atoms with E-state index in [0.717, 1.165) is 12.8 Å². The molecule has 0 amide bonds. The molecule has 0 spiro atoms. The largest absolute Gasteiger partial charge is 0.466 e. The SMILES string of the molecule is CCCCCCCC(CC(=O)OCC)C(=O)OCC(C)C. The summed E-state index contributed by atoms with van der Waals surface area (Å²) in [5, 5.41) is 0. The van der Waals surface area contributed by atoms with Crippen LogP contribution >= 0.6 is 0 Å². The summed E-state index contributed by atoms with van der Waals surface area (Å²) in [6, 6.07) is 0. The molecule has 0 aromatic carbocycles. The van der Waals surface area contributed by atoms with Crippen LogP contribution in [0.15, 0.2) is 0 Å². The fourth-order valence-electron chi connectivity index (χ4n) is 2.09. The summed E-state index contributed by atoms with van der Waals surface area (Å²) >= 11 is 0. The van der Waals surface area contributed by atoms with Crippen molar-refractivity contribution in [1.82, 2.24) is 0 Å². The van der Waals surface area contributed by atoms with E-state index >= 15 is 0 Å². The van der Waals surface area contributed by atoms with Gasteiger partial charge in [-0.2, -0.15) is 0 Å². The minimum absolute atomic E-state index is 0.137. The summed E-state index contributed by atoms with van der Waals surface area (Å²) in [5.41, 5.74) is 0. The van der Waals surface area contributed by atoms with E-state index in [0.29, 0.717) is 25.6 Å². The van der Waals surface area contributed by atoms with Crippen LogP contribution in [-0.4, -0.2) is 25.2 Å². The molecule has 0 saturated heterocycles. The molecule has 1 unspecified atom stereocenters. The first-order valence-electron chi connectivity index (χ1n) is 8.33. The molecule has 0 N–H and O–H groups in total. The van der Waals surface area contributed by atoms with E-state index in [1.54, 1.807) is 6.92 Å². The molecule has 0 saturated carbocycles. The molecule has 0 fully saturated rings. The van der Waals surface area contributed by atoms with Crippen molar-refractivity contribution in [2.24, 2.45) is 11.8 Å². The Labute approximate surface area is 129 Å². The van der Waals surface area contributed by atoms with E-state index in [1.807, 2.05) is 13.8 Å². The summed E-state index contributed by atoms with van der Waals surface area (Å²) in [7, 11) is 0. The molecule has 0 aromatic rings. The van der Waals surface area contributed by atoms with Gasteiger partial charge in [-0.25, -0.2) is 0 Å². The monoisotopic (exact) mass is 300 g/mol. The maximum atomic E-state index is 12.1. The van der Waals surface area contributed by atoms with Crippen LogP contribution < -0.4 is 0 Å². The van der Waals surface area contributed by atoms with Crippen molar-refractivity contribution >= 4 is 11.9 Å². The third-order valence-electron chi connectivity index (χ3n) is 3.27. The van der Waals surface area contributed by atoms with Crippen LogP contribution in [0, 0.1) is 11.8 Å². The summed E-state index contributed by atoms with van der Waals surface area (Å²) < 4.78 is 10.2. The number of rotatable bonds is 12. The highest BCUT2D eigenvalue weighted by atomic mass is 16.5. The fraction of sp³-hybridized carbons (Fsp3) is 0.882. The van der Waals surface area contributed by atoms with Crippen molar-refractivity contribution < 1.29 is 19.1 Å². The molecule has 21 heavy (non-hydrogen) atoms. The highest BCUT2D eigenvalue weighted by Gasteiger charge is 2.24. The molecule has 0 aliphatic carbocycles. The molecule has 0 radical (unpaired) electrons. The lowest BCUT2D eigenvalue weighted by molar-refractivity contribution is -0.156. The lowest BCUT2D eigenvalue weighted by Gasteiger charge is -2.16. The van der Waals surface area contributed by atoms with Gasteiger partial charge in [0.1, 0.15) is 0 Å². The molecule has 124 valence electrons. The van der Waals surface area contributed by atoms with Gasteiger partial charge in [0, 0.05) is 0 Å². The summed E-state index contributed by atoms with van der Waals surface area (Å²) in [6.07, 6.45) is 6.51. The topological polar surface area (TPSA) is 52.6 Å². The minimum atomic E-state index is -0.357. The standard InChI is InChI=1S/C17H32O4/c1-5-7-8-9-10-11-15(12-16(18)20-6-2)17(19)21-13-14(3)4/h14-15H,5-13H2,1-4H3. The molecule has 4 heteroatoms. The van der Waals surface area contributed by atoms with E-state index < -0.39 is 0 Å². The van der Waals surface area contributed by atoms with Crippen LogP contribution in [0.2, 0.25) is 0 Å². The average molecular weight is 300 g/mol. The van der Waals surface area contributed by atoms with Crippen molar-refractivity contribution in [3.05, 3.63) is 0 Å². The molecule has 0 aromatic heterocycles. The maximum absolute atomic E-state index is 12.1. The lowest BCUT2D eigenvalue weighted by atomic mass is 9.97. The summed E-state index contributed by atoms with van der Waals surface area (Å²) in [4.78, 5) is 23.7. The van der Waals surface area contributed by atoms with Crippen LogP contribution in [0.25, 0.3) is 0 Å². The predicted octanol–water partition coefficient (Wildman–Crippen LogP) is 4.12. The van der Waals surface area contributed by atoms with Gasteiger partial charge < -0.3 is 9.47 Å². The van der Waals surface area contributed by atoms with Gasteiger partial charge in [-0.1, -0.05) is 52.9 Å². The molecule has 0 aliphatic rings. The second-order valence-electron chi connectivity index (χ2n) is 5.93. The Balaban J connectivity index is 4.25. The maximum Gasteiger partial charge on any atom is 0.309 e. The average Bonchev–Trinajstić information content (AvgIpc) is 2.43. The fourth-order valence-corrected chi connectivity index (χ4v) is 2.09. The third kappa shape index (κ3) is 11.3. The van der Waals surface area contributed by atoms with Gasteiger partial charge >= 0.3 is 11.9 Å². The molecular weight excluding hydrogens is 268 g/mol. The number of unbranched alkanes of at least 4 members (excludes halogenated alkanes) is 4. The van der Waals surface area contributed by atoms with E-state index in [2.05, 4.69) is 6.92 Å². The number of carbonyl (C=O) groups is 2. The van der Waals surface area contributed by atoms with E-state index in [9.17, 15) is 9.59 Å². The normalized spacial score (nSPS) is 12.2. The molecule has 0 bridgehead atoms. The number of carbonyl (C=O) groups excluding carboxylic acids is 2. The molecular formula is C17H32O4. The zero-order valence-corrected chi connectivity index (χ0v) is 14.2. The first-order valence-corrected chi connectivity index (χ1v) is 8.33. The highest BCUT2D eigenvalue weighted by Crippen LogP contribution is 2.18. The first-order chi connectivity index (χ1) is 10.0. The second kappa shape index (κ2) is 12.7. The summed E-state index contributed by atoms with van der Waals surface area (Å²) in [6.45, 7) is 8.70. The van der Waals surface area contributed by atoms with Crippen LogP contribution in [0.4, 0.5) is 0 Å². The smallest absolute Gasteiger partial charge is 0.309 e. The Bertz CT molecular complexity index is 287. The Hall–Kier alpha value is -1.06.